The number of carbonyl (C=O) groups is 1. The molecule has 0 aromatic heterocycles. The van der Waals surface area contributed by atoms with Crippen molar-refractivity contribution in [3.63, 3.8) is 0 Å². The number of nitrogens with one attached hydrogen (secondary N) is 1. The molecule has 2 aromatic rings. The number of halogens is 1. The van der Waals surface area contributed by atoms with E-state index in [1.165, 1.54) is 22.1 Å². The molecule has 2 aliphatic rings. The van der Waals surface area contributed by atoms with Crippen LogP contribution in [-0.4, -0.2) is 69.5 Å². The maximum atomic E-state index is 13.2. The van der Waals surface area contributed by atoms with Crippen LogP contribution in [0.25, 0.3) is 0 Å². The minimum absolute atomic E-state index is 0.0704. The largest absolute Gasteiger partial charge is 0.371 e. The van der Waals surface area contributed by atoms with Gasteiger partial charge in [-0.25, -0.2) is 17.6 Å². The molecule has 0 aliphatic carbocycles. The van der Waals surface area contributed by atoms with Crippen molar-refractivity contribution >= 4 is 21.7 Å². The Bertz CT molecular complexity index is 1020. The second-order valence-corrected chi connectivity index (χ2v) is 10.3. The first kappa shape index (κ1) is 22.5. The van der Waals surface area contributed by atoms with Crippen molar-refractivity contribution < 1.29 is 17.6 Å². The molecule has 2 aromatic carbocycles. The molecule has 2 aliphatic heterocycles. The first-order valence-electron chi connectivity index (χ1n) is 11.0. The van der Waals surface area contributed by atoms with Crippen LogP contribution in [0.5, 0.6) is 0 Å². The Morgan fingerprint density at radius 3 is 2.47 bits per heavy atom. The Kier molecular flexibility index (Phi) is 6.95. The molecule has 1 atom stereocenters. The second kappa shape index (κ2) is 9.87. The average molecular weight is 461 g/mol. The molecule has 4 rings (SSSR count). The zero-order valence-corrected chi connectivity index (χ0v) is 18.8. The first-order chi connectivity index (χ1) is 15.4. The summed E-state index contributed by atoms with van der Waals surface area (Å²) >= 11 is 0. The normalized spacial score (nSPS) is 20.2. The van der Waals surface area contributed by atoms with Gasteiger partial charge in [0, 0.05) is 51.5 Å². The number of anilines is 1. The summed E-state index contributed by atoms with van der Waals surface area (Å²) in [5.41, 5.74) is 1.20. The Morgan fingerprint density at radius 1 is 0.969 bits per heavy atom. The predicted molar refractivity (Wildman–Crippen MR) is 122 cm³/mol. The molecule has 2 amide bonds. The molecule has 2 saturated heterocycles. The van der Waals surface area contributed by atoms with Gasteiger partial charge in [-0.3, -0.25) is 0 Å². The molecule has 0 bridgehead atoms. The fourth-order valence-corrected chi connectivity index (χ4v) is 5.78. The van der Waals surface area contributed by atoms with Crippen LogP contribution in [-0.2, 0) is 10.0 Å². The molecule has 9 heteroatoms. The minimum Gasteiger partial charge on any atom is -0.371 e. The third-order valence-corrected chi connectivity index (χ3v) is 8.06. The number of hydrogen-bond acceptors (Lipinski definition) is 4. The van der Waals surface area contributed by atoms with Gasteiger partial charge in [0.05, 0.1) is 4.90 Å². The van der Waals surface area contributed by atoms with Crippen molar-refractivity contribution in [3.8, 4) is 0 Å². The number of hydrogen-bond donors (Lipinski definition) is 1. The lowest BCUT2D eigenvalue weighted by atomic mass is 10.1. The fourth-order valence-electron chi connectivity index (χ4n) is 4.31. The monoisotopic (exact) mass is 460 g/mol. The summed E-state index contributed by atoms with van der Waals surface area (Å²) in [4.78, 5) is 16.8. The highest BCUT2D eigenvalue weighted by Gasteiger charge is 2.29. The maximum Gasteiger partial charge on any atom is 0.317 e. The predicted octanol–water partition coefficient (Wildman–Crippen LogP) is 2.76. The molecule has 0 spiro atoms. The van der Waals surface area contributed by atoms with E-state index in [1.54, 1.807) is 4.90 Å². The molecular formula is C23H29FN4O3S. The van der Waals surface area contributed by atoms with Gasteiger partial charge in [0.25, 0.3) is 0 Å². The van der Waals surface area contributed by atoms with Gasteiger partial charge in [-0.15, -0.1) is 0 Å². The zero-order chi connectivity index (χ0) is 22.6. The van der Waals surface area contributed by atoms with Crippen molar-refractivity contribution in [2.75, 3.05) is 50.7 Å². The third kappa shape index (κ3) is 5.21. The molecule has 7 nitrogen and oxygen atoms in total. The molecule has 172 valence electrons. The molecule has 2 fully saturated rings. The lowest BCUT2D eigenvalue weighted by Crippen LogP contribution is -2.44. The van der Waals surface area contributed by atoms with Gasteiger partial charge in [0.2, 0.25) is 10.0 Å². The summed E-state index contributed by atoms with van der Waals surface area (Å²) in [6, 6.07) is 15.0. The van der Waals surface area contributed by atoms with Crippen molar-refractivity contribution in [2.45, 2.75) is 17.7 Å². The smallest absolute Gasteiger partial charge is 0.317 e. The zero-order valence-electron chi connectivity index (χ0n) is 18.0. The number of carbonyl (C=O) groups excluding carboxylic acids is 1. The van der Waals surface area contributed by atoms with Gasteiger partial charge < -0.3 is 15.1 Å². The standard InChI is InChI=1S/C23H29FN4O3S/c24-20-7-9-22(10-8-20)32(30,31)28-13-4-12-26(15-16-28)23(29)25-17-19-11-14-27(18-19)21-5-2-1-3-6-21/h1-3,5-10,19H,4,11-18H2,(H,25,29). The Balaban J connectivity index is 1.27. The van der Waals surface area contributed by atoms with E-state index in [0.717, 1.165) is 31.6 Å². The SMILES string of the molecule is O=C(NCC1CCN(c2ccccc2)C1)N1CCCN(S(=O)(=O)c2ccc(F)cc2)CC1. The first-order valence-corrected chi connectivity index (χ1v) is 12.5. The number of nitrogens with zero attached hydrogens (tertiary/aromatic N) is 3. The molecule has 1 N–H and O–H groups in total. The number of sulfonamides is 1. The Labute approximate surface area is 188 Å². The molecule has 2 heterocycles. The molecule has 0 saturated carbocycles. The number of urea groups is 1. The highest BCUT2D eigenvalue weighted by atomic mass is 32.2. The Morgan fingerprint density at radius 2 is 1.72 bits per heavy atom. The van der Waals surface area contributed by atoms with Crippen LogP contribution in [0.2, 0.25) is 0 Å². The number of rotatable bonds is 5. The van der Waals surface area contributed by atoms with E-state index in [2.05, 4.69) is 22.3 Å². The van der Waals surface area contributed by atoms with E-state index < -0.39 is 15.8 Å². The van der Waals surface area contributed by atoms with Crippen LogP contribution < -0.4 is 10.2 Å². The molecular weight excluding hydrogens is 431 g/mol. The van der Waals surface area contributed by atoms with Crippen LogP contribution in [0.3, 0.4) is 0 Å². The number of amides is 2. The topological polar surface area (TPSA) is 73.0 Å². The van der Waals surface area contributed by atoms with Crippen LogP contribution >= 0.6 is 0 Å². The molecule has 1 unspecified atom stereocenters. The van der Waals surface area contributed by atoms with Crippen molar-refractivity contribution in [1.82, 2.24) is 14.5 Å². The van der Waals surface area contributed by atoms with Crippen molar-refractivity contribution in [1.29, 1.82) is 0 Å². The summed E-state index contributed by atoms with van der Waals surface area (Å²) in [6.07, 6.45) is 1.58. The second-order valence-electron chi connectivity index (χ2n) is 8.32. The minimum atomic E-state index is -3.71. The number of para-hydroxylation sites is 1. The highest BCUT2D eigenvalue weighted by Crippen LogP contribution is 2.23. The third-order valence-electron chi connectivity index (χ3n) is 6.14. The van der Waals surface area contributed by atoms with Crippen LogP contribution in [0.4, 0.5) is 14.9 Å². The maximum absolute atomic E-state index is 13.2. The summed E-state index contributed by atoms with van der Waals surface area (Å²) in [6.45, 7) is 3.88. The van der Waals surface area contributed by atoms with E-state index in [9.17, 15) is 17.6 Å². The highest BCUT2D eigenvalue weighted by molar-refractivity contribution is 7.89. The Hall–Kier alpha value is -2.65. The van der Waals surface area contributed by atoms with Gasteiger partial charge in [-0.2, -0.15) is 4.31 Å². The van der Waals surface area contributed by atoms with Crippen molar-refractivity contribution in [2.24, 2.45) is 5.92 Å². The van der Waals surface area contributed by atoms with Crippen LogP contribution in [0.15, 0.2) is 59.5 Å². The van der Waals surface area contributed by atoms with Gasteiger partial charge in [-0.05, 0) is 55.2 Å². The van der Waals surface area contributed by atoms with E-state index in [-0.39, 0.29) is 17.5 Å². The van der Waals surface area contributed by atoms with E-state index >= 15 is 0 Å². The molecule has 32 heavy (non-hydrogen) atoms. The quantitative estimate of drug-likeness (QED) is 0.745. The summed E-state index contributed by atoms with van der Waals surface area (Å²) < 4.78 is 40.2. The van der Waals surface area contributed by atoms with Crippen LogP contribution in [0, 0.1) is 11.7 Å². The average Bonchev–Trinajstić information content (AvgIpc) is 3.13. The summed E-state index contributed by atoms with van der Waals surface area (Å²) in [5, 5.41) is 3.04. The summed E-state index contributed by atoms with van der Waals surface area (Å²) in [5.74, 6) is -0.0849. The van der Waals surface area contributed by atoms with E-state index in [1.807, 2.05) is 18.2 Å². The van der Waals surface area contributed by atoms with Gasteiger partial charge in [0.15, 0.2) is 0 Å². The van der Waals surface area contributed by atoms with Gasteiger partial charge in [-0.1, -0.05) is 18.2 Å². The molecule has 0 radical (unpaired) electrons. The fraction of sp³-hybridized carbons (Fsp3) is 0.435. The number of benzene rings is 2. The summed E-state index contributed by atoms with van der Waals surface area (Å²) in [7, 11) is -3.71. The van der Waals surface area contributed by atoms with Crippen LogP contribution in [0.1, 0.15) is 12.8 Å². The van der Waals surface area contributed by atoms with Gasteiger partial charge in [0.1, 0.15) is 5.82 Å². The van der Waals surface area contributed by atoms with E-state index in [0.29, 0.717) is 38.5 Å². The lowest BCUT2D eigenvalue weighted by Gasteiger charge is -2.23. The van der Waals surface area contributed by atoms with E-state index in [4.69, 9.17) is 0 Å². The van der Waals surface area contributed by atoms with Gasteiger partial charge >= 0.3 is 6.03 Å². The van der Waals surface area contributed by atoms with Crippen molar-refractivity contribution in [3.05, 3.63) is 60.4 Å². The lowest BCUT2D eigenvalue weighted by molar-refractivity contribution is 0.199.